The molecule has 1 saturated heterocycles. The third-order valence-corrected chi connectivity index (χ3v) is 4.72. The summed E-state index contributed by atoms with van der Waals surface area (Å²) in [6.07, 6.45) is -0.0293. The Hall–Kier alpha value is -1.92. The first-order chi connectivity index (χ1) is 11.9. The molecule has 25 heavy (non-hydrogen) atoms. The molecule has 1 aromatic carbocycles. The first-order valence-electron chi connectivity index (χ1n) is 8.21. The van der Waals surface area contributed by atoms with Crippen LogP contribution in [0, 0.1) is 18.7 Å². The van der Waals surface area contributed by atoms with Gasteiger partial charge in [0.1, 0.15) is 22.8 Å². The lowest BCUT2D eigenvalue weighted by atomic mass is 10.0. The maximum absolute atomic E-state index is 14.3. The number of aromatic nitrogens is 1. The Morgan fingerprint density at radius 3 is 2.88 bits per heavy atom. The number of aryl methyl sites for hydroxylation is 1. The number of ether oxygens (including phenoxy) is 1. The largest absolute Gasteiger partial charge is 0.374 e. The molecule has 2 heterocycles. The topological polar surface area (TPSA) is 55.6 Å². The standard InChI is InChI=1S/C18H20ClFN2O3/c1-10(2)14-9-22(7-8-24-14)18(23)15-11(3)25-21-17(15)16-12(19)5-4-6-13(16)20/h4-6,10,14H,7-9H2,1-3H3/t14-/m0/s1. The number of morpholine rings is 1. The van der Waals surface area contributed by atoms with Crippen LogP contribution in [0.5, 0.6) is 0 Å². The van der Waals surface area contributed by atoms with Crippen molar-refractivity contribution in [1.29, 1.82) is 0 Å². The molecule has 134 valence electrons. The van der Waals surface area contributed by atoms with Gasteiger partial charge in [0.25, 0.3) is 5.91 Å². The van der Waals surface area contributed by atoms with Crippen molar-refractivity contribution >= 4 is 17.5 Å². The molecule has 1 aliphatic rings. The molecule has 1 atom stereocenters. The SMILES string of the molecule is Cc1onc(-c2c(F)cccc2Cl)c1C(=O)N1CCO[C@H](C(C)C)C1. The molecule has 7 heteroatoms. The number of carbonyl (C=O) groups excluding carboxylic acids is 1. The Morgan fingerprint density at radius 2 is 2.20 bits per heavy atom. The van der Waals surface area contributed by atoms with E-state index in [1.165, 1.54) is 12.1 Å². The van der Waals surface area contributed by atoms with E-state index in [0.29, 0.717) is 31.4 Å². The van der Waals surface area contributed by atoms with E-state index in [0.717, 1.165) is 0 Å². The molecule has 2 aromatic rings. The summed E-state index contributed by atoms with van der Waals surface area (Å²) in [6.45, 7) is 7.15. The lowest BCUT2D eigenvalue weighted by Crippen LogP contribution is -2.47. The molecule has 1 fully saturated rings. The number of nitrogens with zero attached hydrogens (tertiary/aromatic N) is 2. The maximum atomic E-state index is 14.3. The number of rotatable bonds is 3. The van der Waals surface area contributed by atoms with Gasteiger partial charge < -0.3 is 14.2 Å². The first-order valence-corrected chi connectivity index (χ1v) is 8.59. The number of hydrogen-bond donors (Lipinski definition) is 0. The number of carbonyl (C=O) groups is 1. The summed E-state index contributed by atoms with van der Waals surface area (Å²) in [6, 6.07) is 4.34. The quantitative estimate of drug-likeness (QED) is 0.825. The minimum atomic E-state index is -0.545. The molecule has 1 aromatic heterocycles. The maximum Gasteiger partial charge on any atom is 0.259 e. The van der Waals surface area contributed by atoms with Crippen molar-refractivity contribution in [3.63, 3.8) is 0 Å². The third kappa shape index (κ3) is 3.41. The van der Waals surface area contributed by atoms with E-state index in [2.05, 4.69) is 5.16 Å². The van der Waals surface area contributed by atoms with Crippen LogP contribution in [0.1, 0.15) is 30.0 Å². The molecule has 5 nitrogen and oxygen atoms in total. The Morgan fingerprint density at radius 1 is 1.44 bits per heavy atom. The van der Waals surface area contributed by atoms with E-state index in [-0.39, 0.29) is 33.9 Å². The fourth-order valence-corrected chi connectivity index (χ4v) is 3.19. The Bertz CT molecular complexity index is 770. The van der Waals surface area contributed by atoms with E-state index in [9.17, 15) is 9.18 Å². The highest BCUT2D eigenvalue weighted by Gasteiger charge is 2.32. The molecule has 0 aliphatic carbocycles. The molecule has 0 spiro atoms. The average Bonchev–Trinajstić information content (AvgIpc) is 2.95. The van der Waals surface area contributed by atoms with Crippen LogP contribution in [-0.2, 0) is 4.74 Å². The van der Waals surface area contributed by atoms with Gasteiger partial charge in [0.2, 0.25) is 0 Å². The Kier molecular flexibility index (Phi) is 5.11. The molecule has 0 saturated carbocycles. The smallest absolute Gasteiger partial charge is 0.259 e. The van der Waals surface area contributed by atoms with Crippen LogP contribution >= 0.6 is 11.6 Å². The van der Waals surface area contributed by atoms with Crippen molar-refractivity contribution in [3.05, 3.63) is 40.4 Å². The van der Waals surface area contributed by atoms with Crippen molar-refractivity contribution in [3.8, 4) is 11.3 Å². The normalized spacial score (nSPS) is 18.0. The second-order valence-corrected chi connectivity index (χ2v) is 6.87. The number of hydrogen-bond acceptors (Lipinski definition) is 4. The van der Waals surface area contributed by atoms with Gasteiger partial charge in [-0.15, -0.1) is 0 Å². The van der Waals surface area contributed by atoms with Gasteiger partial charge in [0.15, 0.2) is 0 Å². The molecule has 0 unspecified atom stereocenters. The Balaban J connectivity index is 1.98. The summed E-state index contributed by atoms with van der Waals surface area (Å²) in [4.78, 5) is 14.8. The summed E-state index contributed by atoms with van der Waals surface area (Å²) in [7, 11) is 0. The second kappa shape index (κ2) is 7.14. The number of halogens is 2. The summed E-state index contributed by atoms with van der Waals surface area (Å²) in [5, 5.41) is 4.08. The molecule has 1 amide bonds. The summed E-state index contributed by atoms with van der Waals surface area (Å²) >= 11 is 6.13. The highest BCUT2D eigenvalue weighted by atomic mass is 35.5. The molecule has 0 bridgehead atoms. The number of benzene rings is 1. The van der Waals surface area contributed by atoms with Crippen LogP contribution in [0.4, 0.5) is 4.39 Å². The van der Waals surface area contributed by atoms with Gasteiger partial charge in [-0.05, 0) is 25.0 Å². The molecule has 1 aliphatic heterocycles. The molecule has 0 N–H and O–H groups in total. The lowest BCUT2D eigenvalue weighted by Gasteiger charge is -2.34. The van der Waals surface area contributed by atoms with E-state index in [1.807, 2.05) is 13.8 Å². The van der Waals surface area contributed by atoms with Gasteiger partial charge in [-0.3, -0.25) is 4.79 Å². The summed E-state index contributed by atoms with van der Waals surface area (Å²) in [5.41, 5.74) is 0.465. The third-order valence-electron chi connectivity index (χ3n) is 4.40. The molecular formula is C18H20ClFN2O3. The molecular weight excluding hydrogens is 347 g/mol. The average molecular weight is 367 g/mol. The van der Waals surface area contributed by atoms with Crippen molar-refractivity contribution < 1.29 is 18.4 Å². The van der Waals surface area contributed by atoms with E-state index in [4.69, 9.17) is 20.9 Å². The van der Waals surface area contributed by atoms with E-state index < -0.39 is 5.82 Å². The fraction of sp³-hybridized carbons (Fsp3) is 0.444. The summed E-state index contributed by atoms with van der Waals surface area (Å²) < 4.78 is 25.2. The number of amides is 1. The highest BCUT2D eigenvalue weighted by Crippen LogP contribution is 2.34. The van der Waals surface area contributed by atoms with E-state index >= 15 is 0 Å². The molecule has 0 radical (unpaired) electrons. The van der Waals surface area contributed by atoms with Crippen molar-refractivity contribution in [2.45, 2.75) is 26.9 Å². The van der Waals surface area contributed by atoms with Crippen molar-refractivity contribution in [2.75, 3.05) is 19.7 Å². The zero-order valence-electron chi connectivity index (χ0n) is 14.4. The van der Waals surface area contributed by atoms with Crippen LogP contribution in [0.3, 0.4) is 0 Å². The van der Waals surface area contributed by atoms with Gasteiger partial charge in [-0.2, -0.15) is 0 Å². The van der Waals surface area contributed by atoms with Gasteiger partial charge in [0, 0.05) is 13.1 Å². The van der Waals surface area contributed by atoms with Crippen molar-refractivity contribution in [1.82, 2.24) is 10.1 Å². The fourth-order valence-electron chi connectivity index (χ4n) is 2.94. The summed E-state index contributed by atoms with van der Waals surface area (Å²) in [5.74, 6) is -0.162. The zero-order valence-corrected chi connectivity index (χ0v) is 15.1. The predicted molar refractivity (Wildman–Crippen MR) is 92.1 cm³/mol. The zero-order chi connectivity index (χ0) is 18.1. The van der Waals surface area contributed by atoms with Gasteiger partial charge >= 0.3 is 0 Å². The van der Waals surface area contributed by atoms with Gasteiger partial charge in [-0.1, -0.05) is 36.7 Å². The van der Waals surface area contributed by atoms with Crippen LogP contribution in [0.25, 0.3) is 11.3 Å². The minimum absolute atomic E-state index is 0.0293. The predicted octanol–water partition coefficient (Wildman–Crippen LogP) is 3.94. The minimum Gasteiger partial charge on any atom is -0.374 e. The van der Waals surface area contributed by atoms with Gasteiger partial charge in [0.05, 0.1) is 23.3 Å². The lowest BCUT2D eigenvalue weighted by molar-refractivity contribution is -0.0421. The monoisotopic (exact) mass is 366 g/mol. The first kappa shape index (κ1) is 17.9. The van der Waals surface area contributed by atoms with E-state index in [1.54, 1.807) is 17.9 Å². The highest BCUT2D eigenvalue weighted by molar-refractivity contribution is 6.33. The van der Waals surface area contributed by atoms with Crippen LogP contribution < -0.4 is 0 Å². The van der Waals surface area contributed by atoms with Crippen molar-refractivity contribution in [2.24, 2.45) is 5.92 Å². The Labute approximate surface area is 150 Å². The van der Waals surface area contributed by atoms with Crippen LogP contribution in [0.15, 0.2) is 22.7 Å². The van der Waals surface area contributed by atoms with Gasteiger partial charge in [-0.25, -0.2) is 4.39 Å². The second-order valence-electron chi connectivity index (χ2n) is 6.46. The molecule has 3 rings (SSSR count). The van der Waals surface area contributed by atoms with Crippen LogP contribution in [-0.4, -0.2) is 41.8 Å². The van der Waals surface area contributed by atoms with Crippen LogP contribution in [0.2, 0.25) is 5.02 Å².